The van der Waals surface area contributed by atoms with E-state index in [1.165, 1.54) is 0 Å². The van der Waals surface area contributed by atoms with Crippen LogP contribution in [0.1, 0.15) is 12.8 Å². The molecule has 0 aromatic rings. The van der Waals surface area contributed by atoms with Gasteiger partial charge in [0.25, 0.3) is 0 Å². The summed E-state index contributed by atoms with van der Waals surface area (Å²) < 4.78 is 0. The van der Waals surface area contributed by atoms with Crippen molar-refractivity contribution in [3.63, 3.8) is 0 Å². The normalized spacial score (nSPS) is 36.3. The molecule has 0 spiro atoms. The summed E-state index contributed by atoms with van der Waals surface area (Å²) in [5, 5.41) is 11.9. The molecular weight excluding hydrogens is 156 g/mol. The zero-order chi connectivity index (χ0) is 8.55. The van der Waals surface area contributed by atoms with Crippen LogP contribution in [0.3, 0.4) is 0 Å². The van der Waals surface area contributed by atoms with Crippen molar-refractivity contribution in [1.82, 2.24) is 10.2 Å². The first kappa shape index (κ1) is 8.01. The molecule has 2 saturated heterocycles. The second kappa shape index (κ2) is 3.03. The summed E-state index contributed by atoms with van der Waals surface area (Å²) in [6, 6.07) is -0.0856. The quantitative estimate of drug-likeness (QED) is 0.557. The standard InChI is InChI=1S/C8H14N2O2/c11-8(12)7-6-2-1-4-10(6)5-3-9-7/h6-7,9H,1-5H2,(H,11,12)/t6-,7-/m0/s1. The molecule has 4 heteroatoms. The van der Waals surface area contributed by atoms with Gasteiger partial charge in [-0.3, -0.25) is 9.69 Å². The van der Waals surface area contributed by atoms with Gasteiger partial charge in [-0.25, -0.2) is 0 Å². The molecule has 2 fully saturated rings. The van der Waals surface area contributed by atoms with E-state index in [1.807, 2.05) is 0 Å². The van der Waals surface area contributed by atoms with Gasteiger partial charge in [0, 0.05) is 19.1 Å². The zero-order valence-electron chi connectivity index (χ0n) is 6.99. The molecule has 0 unspecified atom stereocenters. The smallest absolute Gasteiger partial charge is 0.322 e. The van der Waals surface area contributed by atoms with E-state index >= 15 is 0 Å². The Morgan fingerprint density at radius 3 is 3.08 bits per heavy atom. The lowest BCUT2D eigenvalue weighted by Gasteiger charge is -2.34. The van der Waals surface area contributed by atoms with Gasteiger partial charge in [-0.05, 0) is 19.4 Å². The van der Waals surface area contributed by atoms with Gasteiger partial charge in [-0.2, -0.15) is 0 Å². The lowest BCUT2D eigenvalue weighted by molar-refractivity contribution is -0.142. The summed E-state index contributed by atoms with van der Waals surface area (Å²) in [5.74, 6) is -0.702. The lowest BCUT2D eigenvalue weighted by Crippen LogP contribution is -2.58. The molecule has 2 atom stereocenters. The molecule has 0 aliphatic carbocycles. The monoisotopic (exact) mass is 170 g/mol. The van der Waals surface area contributed by atoms with Crippen molar-refractivity contribution in [3.05, 3.63) is 0 Å². The average molecular weight is 170 g/mol. The van der Waals surface area contributed by atoms with Crippen LogP contribution in [0.5, 0.6) is 0 Å². The number of carboxylic acids is 1. The number of carbonyl (C=O) groups is 1. The van der Waals surface area contributed by atoms with Crippen molar-refractivity contribution in [2.75, 3.05) is 19.6 Å². The van der Waals surface area contributed by atoms with Crippen LogP contribution in [0.4, 0.5) is 0 Å². The highest BCUT2D eigenvalue weighted by atomic mass is 16.4. The predicted molar refractivity (Wildman–Crippen MR) is 44.0 cm³/mol. The highest BCUT2D eigenvalue weighted by Crippen LogP contribution is 2.22. The fourth-order valence-corrected chi connectivity index (χ4v) is 2.26. The molecule has 2 rings (SSSR count). The van der Waals surface area contributed by atoms with E-state index in [4.69, 9.17) is 5.11 Å². The van der Waals surface area contributed by atoms with Crippen molar-refractivity contribution in [2.45, 2.75) is 24.9 Å². The molecule has 0 aromatic carbocycles. The number of piperazine rings is 1. The number of hydrogen-bond acceptors (Lipinski definition) is 3. The van der Waals surface area contributed by atoms with Gasteiger partial charge in [0.1, 0.15) is 6.04 Å². The predicted octanol–water partition coefficient (Wildman–Crippen LogP) is -0.493. The van der Waals surface area contributed by atoms with E-state index in [2.05, 4.69) is 10.2 Å². The van der Waals surface area contributed by atoms with Crippen molar-refractivity contribution >= 4 is 5.97 Å². The Bertz CT molecular complexity index is 195. The first-order valence-corrected chi connectivity index (χ1v) is 4.49. The second-order valence-electron chi connectivity index (χ2n) is 3.52. The van der Waals surface area contributed by atoms with Crippen molar-refractivity contribution in [2.24, 2.45) is 0 Å². The SMILES string of the molecule is O=C(O)[C@H]1NCCN2CCC[C@@H]12. The molecule has 2 N–H and O–H groups in total. The lowest BCUT2D eigenvalue weighted by atomic mass is 10.0. The van der Waals surface area contributed by atoms with Crippen LogP contribution in [0.25, 0.3) is 0 Å². The molecular formula is C8H14N2O2. The van der Waals surface area contributed by atoms with Gasteiger partial charge in [-0.1, -0.05) is 0 Å². The minimum Gasteiger partial charge on any atom is -0.480 e. The fraction of sp³-hybridized carbons (Fsp3) is 0.875. The maximum Gasteiger partial charge on any atom is 0.322 e. The number of carboxylic acid groups (broad SMARTS) is 1. The maximum atomic E-state index is 10.8. The Hall–Kier alpha value is -0.610. The summed E-state index contributed by atoms with van der Waals surface area (Å²) in [4.78, 5) is 13.1. The van der Waals surface area contributed by atoms with Crippen LogP contribution in [-0.2, 0) is 4.79 Å². The van der Waals surface area contributed by atoms with E-state index in [0.29, 0.717) is 0 Å². The molecule has 68 valence electrons. The zero-order valence-corrected chi connectivity index (χ0v) is 6.99. The van der Waals surface area contributed by atoms with E-state index in [-0.39, 0.29) is 12.1 Å². The van der Waals surface area contributed by atoms with Crippen LogP contribution in [0, 0.1) is 0 Å². The third-order valence-corrected chi connectivity index (χ3v) is 2.83. The number of aliphatic carboxylic acids is 1. The Labute approximate surface area is 71.5 Å². The molecule has 0 bridgehead atoms. The second-order valence-corrected chi connectivity index (χ2v) is 3.52. The Balaban J connectivity index is 2.08. The summed E-state index contributed by atoms with van der Waals surface area (Å²) in [6.45, 7) is 2.90. The van der Waals surface area contributed by atoms with Crippen LogP contribution in [-0.4, -0.2) is 47.7 Å². The van der Waals surface area contributed by atoms with E-state index in [1.54, 1.807) is 0 Å². The molecule has 4 nitrogen and oxygen atoms in total. The number of nitrogens with one attached hydrogen (secondary N) is 1. The number of fused-ring (bicyclic) bond motifs is 1. The summed E-state index contributed by atoms with van der Waals surface area (Å²) in [7, 11) is 0. The first-order chi connectivity index (χ1) is 5.79. The maximum absolute atomic E-state index is 10.8. The molecule has 2 aliphatic rings. The molecule has 0 aromatic heterocycles. The molecule has 0 amide bonds. The topological polar surface area (TPSA) is 52.6 Å². The summed E-state index contributed by atoms with van der Waals surface area (Å²) in [5.41, 5.74) is 0. The van der Waals surface area contributed by atoms with Crippen molar-refractivity contribution in [1.29, 1.82) is 0 Å². The largest absolute Gasteiger partial charge is 0.480 e. The average Bonchev–Trinajstić information content (AvgIpc) is 2.49. The van der Waals surface area contributed by atoms with Gasteiger partial charge in [0.2, 0.25) is 0 Å². The summed E-state index contributed by atoms with van der Waals surface area (Å²) in [6.07, 6.45) is 2.18. The highest BCUT2D eigenvalue weighted by Gasteiger charge is 2.38. The van der Waals surface area contributed by atoms with E-state index in [0.717, 1.165) is 32.5 Å². The molecule has 2 aliphatic heterocycles. The Morgan fingerprint density at radius 1 is 1.50 bits per heavy atom. The molecule has 0 saturated carbocycles. The van der Waals surface area contributed by atoms with Gasteiger partial charge in [-0.15, -0.1) is 0 Å². The molecule has 12 heavy (non-hydrogen) atoms. The van der Waals surface area contributed by atoms with Crippen LogP contribution >= 0.6 is 0 Å². The third-order valence-electron chi connectivity index (χ3n) is 2.83. The minimum absolute atomic E-state index is 0.247. The minimum atomic E-state index is -0.702. The Morgan fingerprint density at radius 2 is 2.33 bits per heavy atom. The van der Waals surface area contributed by atoms with Crippen LogP contribution < -0.4 is 5.32 Å². The molecule has 0 radical (unpaired) electrons. The van der Waals surface area contributed by atoms with E-state index < -0.39 is 5.97 Å². The first-order valence-electron chi connectivity index (χ1n) is 4.49. The van der Waals surface area contributed by atoms with Gasteiger partial charge in [0.05, 0.1) is 0 Å². The van der Waals surface area contributed by atoms with Crippen LogP contribution in [0.15, 0.2) is 0 Å². The van der Waals surface area contributed by atoms with Gasteiger partial charge < -0.3 is 10.4 Å². The van der Waals surface area contributed by atoms with Gasteiger partial charge in [0.15, 0.2) is 0 Å². The fourth-order valence-electron chi connectivity index (χ4n) is 2.26. The summed E-state index contributed by atoms with van der Waals surface area (Å²) >= 11 is 0. The van der Waals surface area contributed by atoms with Gasteiger partial charge >= 0.3 is 5.97 Å². The van der Waals surface area contributed by atoms with Crippen LogP contribution in [0.2, 0.25) is 0 Å². The number of nitrogens with zero attached hydrogens (tertiary/aromatic N) is 1. The number of hydrogen-bond donors (Lipinski definition) is 2. The van der Waals surface area contributed by atoms with Crippen molar-refractivity contribution < 1.29 is 9.90 Å². The number of rotatable bonds is 1. The highest BCUT2D eigenvalue weighted by molar-refractivity contribution is 5.74. The Kier molecular flexibility index (Phi) is 2.02. The van der Waals surface area contributed by atoms with Crippen molar-refractivity contribution in [3.8, 4) is 0 Å². The third kappa shape index (κ3) is 1.21. The van der Waals surface area contributed by atoms with E-state index in [9.17, 15) is 4.79 Å². The molecule has 2 heterocycles.